The Morgan fingerprint density at radius 3 is 1.76 bits per heavy atom. The number of hydrogen-bond donors (Lipinski definition) is 12. The van der Waals surface area contributed by atoms with Gasteiger partial charge in [-0.05, 0) is 163 Å². The zero-order valence-electron chi connectivity index (χ0n) is 66.7. The number of carbonyl (C=O) groups excluding carboxylic acids is 11. The van der Waals surface area contributed by atoms with E-state index in [1.807, 2.05) is 18.2 Å². The molecule has 30 heteroatoms. The maximum atomic E-state index is 14.9. The molecule has 0 aromatic heterocycles. The number of aliphatic hydroxyl groups is 5. The van der Waals surface area contributed by atoms with Crippen LogP contribution in [0.1, 0.15) is 172 Å². The molecule has 0 radical (unpaired) electrons. The molecule has 0 saturated heterocycles. The van der Waals surface area contributed by atoms with Crippen molar-refractivity contribution >= 4 is 70.5 Å². The summed E-state index contributed by atoms with van der Waals surface area (Å²) in [6, 6.07) is 16.2. The number of phenols is 1. The fraction of sp³-hybridized carbons (Fsp3) is 0.631. The molecule has 2 saturated carbocycles. The molecule has 114 heavy (non-hydrogen) atoms. The summed E-state index contributed by atoms with van der Waals surface area (Å²) >= 11 is 0. The average Bonchev–Trinajstić information content (AvgIpc) is 1.06. The van der Waals surface area contributed by atoms with Gasteiger partial charge in [0.2, 0.25) is 17.7 Å². The van der Waals surface area contributed by atoms with E-state index in [-0.39, 0.29) is 164 Å². The number of alkyl carbamates (subject to hydrolysis) is 1. The van der Waals surface area contributed by atoms with Gasteiger partial charge in [-0.1, -0.05) is 78.6 Å². The van der Waals surface area contributed by atoms with Gasteiger partial charge in [0.15, 0.2) is 5.78 Å². The van der Waals surface area contributed by atoms with E-state index < -0.39 is 138 Å². The van der Waals surface area contributed by atoms with Crippen LogP contribution in [0.3, 0.4) is 0 Å². The number of benzene rings is 3. The summed E-state index contributed by atoms with van der Waals surface area (Å²) in [5, 5.41) is 73.3. The first kappa shape index (κ1) is 90.9. The second-order valence-electron chi connectivity index (χ2n) is 32.3. The molecule has 2 fully saturated rings. The van der Waals surface area contributed by atoms with E-state index in [1.54, 1.807) is 44.2 Å². The molecule has 1 heterocycles. The number of anilines is 1. The fourth-order valence-corrected chi connectivity index (χ4v) is 17.5. The minimum atomic E-state index is -1.96. The van der Waals surface area contributed by atoms with E-state index in [9.17, 15) is 78.3 Å². The number of nitrogens with zero attached hydrogens (tertiary/aromatic N) is 1. The van der Waals surface area contributed by atoms with Crippen LogP contribution in [0.4, 0.5) is 15.3 Å². The van der Waals surface area contributed by atoms with Crippen molar-refractivity contribution in [1.29, 1.82) is 0 Å². The largest absolute Gasteiger partial charge is 0.508 e. The van der Waals surface area contributed by atoms with Crippen molar-refractivity contribution in [3.63, 3.8) is 0 Å². The second kappa shape index (κ2) is 42.9. The number of aryl methyl sites for hydroxylation is 2. The third-order valence-electron chi connectivity index (χ3n) is 24.1. The number of carbonyl (C=O) groups is 11. The first-order valence-corrected chi connectivity index (χ1v) is 40.1. The van der Waals surface area contributed by atoms with Crippen LogP contribution in [0.25, 0.3) is 0 Å². The van der Waals surface area contributed by atoms with Crippen molar-refractivity contribution in [2.45, 2.75) is 205 Å². The Morgan fingerprint density at radius 1 is 0.614 bits per heavy atom. The first-order valence-electron chi connectivity index (χ1n) is 40.1. The minimum Gasteiger partial charge on any atom is -0.508 e. The summed E-state index contributed by atoms with van der Waals surface area (Å²) in [6.45, 7) is 12.1. The number of primary amides is 1. The number of amides is 8. The summed E-state index contributed by atoms with van der Waals surface area (Å²) in [5.74, 6) is -5.55. The molecule has 5 aliphatic rings. The van der Waals surface area contributed by atoms with E-state index in [0.29, 0.717) is 17.0 Å². The van der Waals surface area contributed by atoms with Crippen LogP contribution in [-0.2, 0) is 97.1 Å². The molecule has 1 aliphatic heterocycles. The van der Waals surface area contributed by atoms with Crippen molar-refractivity contribution in [2.24, 2.45) is 46.2 Å². The van der Waals surface area contributed by atoms with E-state index in [0.717, 1.165) is 80.2 Å². The Balaban J connectivity index is 0.790. The van der Waals surface area contributed by atoms with Gasteiger partial charge in [0.05, 0.1) is 91.1 Å². The number of urea groups is 1. The van der Waals surface area contributed by atoms with Crippen LogP contribution >= 0.6 is 0 Å². The number of ketones is 4. The van der Waals surface area contributed by atoms with E-state index in [4.69, 9.17) is 39.3 Å². The normalized spacial score (nSPS) is 22.8. The number of aromatic hydroxyl groups is 1. The highest BCUT2D eigenvalue weighted by Gasteiger charge is 2.58. The minimum absolute atomic E-state index is 0.0137. The second-order valence-corrected chi connectivity index (χ2v) is 32.3. The molecule has 8 rings (SSSR count). The number of ether oxygens (including phenoxy) is 6. The van der Waals surface area contributed by atoms with Crippen molar-refractivity contribution < 1.29 is 112 Å². The lowest BCUT2D eigenvalue weighted by Gasteiger charge is -2.56. The SMILES string of the molecule is CC(C)[C@H](NC(=O)[C@@H](CCC(=O)NC[C@@H](O)[C@H](O)[C@@H](O)[C@@H](O)CO)CC(=O)CCOCCOCCOCCOCCN1C(=O)C=CC1=O)C(=O)C[C@@H](CCCNC(N)=O)C(=O)Nc1ccc(COC(=O)NCCOc2ccc3c(c2)[C@@]2(C)CCC[C@](C)(C(=O)CC(=O)[C@@]4(C)CCC[C@]5(C)c6cc(O)ccc6CC[C@@H]45)[C@@H]2CC3)cc1. The Bertz CT molecular complexity index is 3840. The first-order chi connectivity index (χ1) is 54.3. The third kappa shape index (κ3) is 24.5. The molecular weight excluding hydrogens is 1470 g/mol. The van der Waals surface area contributed by atoms with Crippen molar-refractivity contribution in [3.8, 4) is 11.5 Å². The Kier molecular flexibility index (Phi) is 34.2. The Hall–Kier alpha value is -8.59. The zero-order chi connectivity index (χ0) is 82.9. The summed E-state index contributed by atoms with van der Waals surface area (Å²) in [6.07, 6.45) is 1.18. The van der Waals surface area contributed by atoms with Crippen molar-refractivity contribution in [2.75, 3.05) is 97.6 Å². The number of nitrogens with two attached hydrogens (primary N) is 1. The molecule has 30 nitrogen and oxygen atoms in total. The highest BCUT2D eigenvalue weighted by molar-refractivity contribution is 6.13. The molecule has 3 aromatic rings. The summed E-state index contributed by atoms with van der Waals surface area (Å²) in [7, 11) is 0. The average molecular weight is 1590 g/mol. The van der Waals surface area contributed by atoms with Crippen LogP contribution in [0.5, 0.6) is 11.5 Å². The topological polar surface area (TPSA) is 454 Å². The Morgan fingerprint density at radius 2 is 1.18 bits per heavy atom. The quantitative estimate of drug-likeness (QED) is 0.0193. The third-order valence-corrected chi connectivity index (χ3v) is 24.1. The number of fused-ring (bicyclic) bond motifs is 6. The smallest absolute Gasteiger partial charge is 0.407 e. The van der Waals surface area contributed by atoms with Gasteiger partial charge in [0, 0.05) is 79.3 Å². The number of Topliss-reactive ketones (excluding diaryl/α,β-unsaturated/α-hetero) is 4. The molecule has 0 unspecified atom stereocenters. The number of hydrogen-bond acceptors (Lipinski definition) is 23. The van der Waals surface area contributed by atoms with E-state index >= 15 is 0 Å². The van der Waals surface area contributed by atoms with Gasteiger partial charge >= 0.3 is 12.1 Å². The lowest BCUT2D eigenvalue weighted by Crippen LogP contribution is -2.55. The number of rotatable bonds is 48. The van der Waals surface area contributed by atoms with Gasteiger partial charge in [-0.2, -0.15) is 0 Å². The standard InChI is InChI=1S/C84H119N7O23/c1-52(2)74(90-78(106)57(17-24-71(100)88-49-65(96)75(103)76(104)66(97)50-92)44-60(94)27-35-109-38-40-111-42-43-112-41-39-110-37-34-91-72(101)25-26-73(91)102)64(95)45-56(10-7-32-86-79(85)107)77(105)89-58-18-11-53(12-19-58)51-114-80(108)87-33-36-113-61-21-14-55-16-23-68-82(4,63(55)47-61)29-9-31-84(68,6)70(99)48-69(98)83(5)30-8-28-81(3)62-46-59(93)20-13-54(62)15-22-67(81)83/h11-14,18-21,25-26,46-47,52,56-57,65-68,74-76,92-93,96-97,103-104H,7-10,15-17,22-24,27-45,48-51H2,1-6H3,(H,87,108)(H,88,100)(H,89,105)(H,90,106)(H3,85,86,107)/t56-,57+,65-,66+,67-,68-,74+,75+,76+,81-,82-,83+,84+/m1/s1. The van der Waals surface area contributed by atoms with E-state index in [2.05, 4.69) is 66.4 Å². The molecule has 3 aromatic carbocycles. The van der Waals surface area contributed by atoms with Crippen LogP contribution in [0.2, 0.25) is 0 Å². The molecule has 13 N–H and O–H groups in total. The highest BCUT2D eigenvalue weighted by atomic mass is 16.6. The van der Waals surface area contributed by atoms with Gasteiger partial charge in [0.25, 0.3) is 11.8 Å². The zero-order valence-corrected chi connectivity index (χ0v) is 66.7. The van der Waals surface area contributed by atoms with Gasteiger partial charge in [0.1, 0.15) is 60.4 Å². The summed E-state index contributed by atoms with van der Waals surface area (Å²) < 4.78 is 33.8. The summed E-state index contributed by atoms with van der Waals surface area (Å²) in [4.78, 5) is 148. The van der Waals surface area contributed by atoms with Gasteiger partial charge in [-0.25, -0.2) is 9.59 Å². The fourth-order valence-electron chi connectivity index (χ4n) is 17.5. The van der Waals surface area contributed by atoms with Crippen LogP contribution in [0, 0.1) is 40.4 Å². The van der Waals surface area contributed by atoms with Gasteiger partial charge in [-0.3, -0.25) is 48.1 Å². The summed E-state index contributed by atoms with van der Waals surface area (Å²) in [5.41, 5.74) is 8.97. The molecule has 4 aliphatic carbocycles. The molecular formula is C84H119N7O23. The van der Waals surface area contributed by atoms with Crippen molar-refractivity contribution in [1.82, 2.24) is 26.2 Å². The van der Waals surface area contributed by atoms with Crippen LogP contribution in [0.15, 0.2) is 72.8 Å². The molecule has 13 atom stereocenters. The molecule has 8 amide bonds. The lowest BCUT2D eigenvalue weighted by molar-refractivity contribution is -0.146. The number of aliphatic hydroxyl groups excluding tert-OH is 5. The van der Waals surface area contributed by atoms with Crippen LogP contribution < -0.4 is 37.1 Å². The maximum absolute atomic E-state index is 14.9. The molecule has 628 valence electrons. The Labute approximate surface area is 666 Å². The highest BCUT2D eigenvalue weighted by Crippen LogP contribution is 2.61. The number of phenolic OH excluding ortho intramolecular Hbond substituents is 1. The molecule has 0 bridgehead atoms. The van der Waals surface area contributed by atoms with Gasteiger partial charge in [-0.15, -0.1) is 0 Å². The number of imide groups is 1. The van der Waals surface area contributed by atoms with Crippen molar-refractivity contribution in [3.05, 3.63) is 101 Å². The predicted molar refractivity (Wildman–Crippen MR) is 417 cm³/mol. The monoisotopic (exact) mass is 1590 g/mol. The van der Waals surface area contributed by atoms with Crippen LogP contribution in [-0.4, -0.2) is 223 Å². The number of nitrogens with one attached hydrogen (secondary N) is 5. The lowest BCUT2D eigenvalue weighted by atomic mass is 9.47. The maximum Gasteiger partial charge on any atom is 0.407 e. The predicted octanol–water partition coefficient (Wildman–Crippen LogP) is 5.34. The van der Waals surface area contributed by atoms with E-state index in [1.165, 1.54) is 23.3 Å². The molecule has 0 spiro atoms. The van der Waals surface area contributed by atoms with Gasteiger partial charge < -0.3 is 91.4 Å².